The zero-order valence-corrected chi connectivity index (χ0v) is 14.3. The smallest absolute Gasteiger partial charge is 0.116 e. The summed E-state index contributed by atoms with van der Waals surface area (Å²) in [6.45, 7) is 1.39. The highest BCUT2D eigenvalue weighted by molar-refractivity contribution is 9.11. The van der Waals surface area contributed by atoms with Crippen LogP contribution in [0.1, 0.15) is 16.7 Å². The molecule has 19 heavy (non-hydrogen) atoms. The van der Waals surface area contributed by atoms with Gasteiger partial charge in [-0.25, -0.2) is 4.98 Å². The Balaban J connectivity index is 2.26. The number of aromatic nitrogens is 2. The fourth-order valence-corrected chi connectivity index (χ4v) is 3.55. The summed E-state index contributed by atoms with van der Waals surface area (Å²) in [5.74, 6) is 0. The maximum Gasteiger partial charge on any atom is 0.116 e. The van der Waals surface area contributed by atoms with Gasteiger partial charge < -0.3 is 10.1 Å². The summed E-state index contributed by atoms with van der Waals surface area (Å²) >= 11 is 8.58. The van der Waals surface area contributed by atoms with Crippen LogP contribution in [0.3, 0.4) is 0 Å². The molecule has 0 radical (unpaired) electrons. The molecule has 2 rings (SSSR count). The highest BCUT2D eigenvalue weighted by Crippen LogP contribution is 2.29. The summed E-state index contributed by atoms with van der Waals surface area (Å²) in [5.41, 5.74) is 0.925. The molecule has 0 saturated heterocycles. The van der Waals surface area contributed by atoms with Gasteiger partial charge in [-0.1, -0.05) is 0 Å². The monoisotopic (exact) mass is 405 g/mol. The van der Waals surface area contributed by atoms with Gasteiger partial charge in [-0.15, -0.1) is 11.3 Å². The van der Waals surface area contributed by atoms with Crippen LogP contribution >= 0.6 is 43.2 Å². The van der Waals surface area contributed by atoms with Crippen molar-refractivity contribution in [1.82, 2.24) is 15.3 Å². The van der Waals surface area contributed by atoms with Crippen LogP contribution in [-0.4, -0.2) is 30.2 Å². The Bertz CT molecular complexity index is 522. The van der Waals surface area contributed by atoms with Crippen LogP contribution in [0.15, 0.2) is 32.8 Å². The molecule has 0 aliphatic carbocycles. The molecule has 0 aliphatic rings. The summed E-state index contributed by atoms with van der Waals surface area (Å²) in [6, 6.07) is 1.96. The Labute approximate surface area is 132 Å². The first-order valence-corrected chi connectivity index (χ1v) is 8.11. The average Bonchev–Trinajstić information content (AvgIpc) is 2.89. The Morgan fingerprint density at radius 1 is 1.42 bits per heavy atom. The highest BCUT2D eigenvalue weighted by Gasteiger charge is 2.20. The number of nitrogens with zero attached hydrogens (tertiary/aromatic N) is 2. The molecular formula is C12H13Br2N3OS. The third kappa shape index (κ3) is 4.06. The van der Waals surface area contributed by atoms with Gasteiger partial charge in [-0.2, -0.15) is 0 Å². The maximum absolute atomic E-state index is 5.08. The molecule has 0 saturated carbocycles. The van der Waals surface area contributed by atoms with E-state index in [0.29, 0.717) is 6.61 Å². The number of rotatable bonds is 6. The summed E-state index contributed by atoms with van der Waals surface area (Å²) in [6.07, 6.45) is 3.59. The molecule has 7 heteroatoms. The third-order valence-corrected chi connectivity index (χ3v) is 4.37. The zero-order chi connectivity index (χ0) is 13.7. The van der Waals surface area contributed by atoms with Crippen LogP contribution in [0, 0.1) is 0 Å². The van der Waals surface area contributed by atoms with Crippen molar-refractivity contribution in [3.63, 3.8) is 0 Å². The second-order valence-corrected chi connectivity index (χ2v) is 6.47. The van der Waals surface area contributed by atoms with E-state index in [1.165, 1.54) is 0 Å². The van der Waals surface area contributed by atoms with Crippen molar-refractivity contribution in [2.24, 2.45) is 0 Å². The summed E-state index contributed by atoms with van der Waals surface area (Å²) in [7, 11) is 1.69. The maximum atomic E-state index is 5.08. The number of methoxy groups -OCH3 is 1. The lowest BCUT2D eigenvalue weighted by atomic mass is 10.2. The predicted molar refractivity (Wildman–Crippen MR) is 83.5 cm³/mol. The van der Waals surface area contributed by atoms with Crippen LogP contribution < -0.4 is 5.32 Å². The van der Waals surface area contributed by atoms with Gasteiger partial charge in [0.25, 0.3) is 0 Å². The minimum Gasteiger partial charge on any atom is -0.383 e. The SMILES string of the molecule is COCCNC(c1nccs1)c1ncc(Br)cc1Br. The number of halogens is 2. The number of hydrogen-bond donors (Lipinski definition) is 1. The number of pyridine rings is 1. The highest BCUT2D eigenvalue weighted by atomic mass is 79.9. The lowest BCUT2D eigenvalue weighted by Gasteiger charge is -2.17. The minimum absolute atomic E-state index is 0.0300. The van der Waals surface area contributed by atoms with E-state index >= 15 is 0 Å². The second-order valence-electron chi connectivity index (χ2n) is 3.77. The lowest BCUT2D eigenvalue weighted by molar-refractivity contribution is 0.197. The van der Waals surface area contributed by atoms with Crippen molar-refractivity contribution in [3.8, 4) is 0 Å². The molecule has 2 heterocycles. The van der Waals surface area contributed by atoms with E-state index in [2.05, 4.69) is 47.1 Å². The Kier molecular flexibility index (Phi) is 5.90. The fourth-order valence-electron chi connectivity index (χ4n) is 1.62. The largest absolute Gasteiger partial charge is 0.383 e. The quantitative estimate of drug-likeness (QED) is 0.747. The van der Waals surface area contributed by atoms with Crippen LogP contribution in [0.5, 0.6) is 0 Å². The van der Waals surface area contributed by atoms with Gasteiger partial charge in [0, 0.05) is 40.4 Å². The van der Waals surface area contributed by atoms with Crippen molar-refractivity contribution in [3.05, 3.63) is 43.5 Å². The number of nitrogens with one attached hydrogen (secondary N) is 1. The first-order chi connectivity index (χ1) is 9.22. The van der Waals surface area contributed by atoms with Crippen molar-refractivity contribution >= 4 is 43.2 Å². The van der Waals surface area contributed by atoms with E-state index in [4.69, 9.17) is 4.74 Å². The molecule has 0 fully saturated rings. The molecule has 102 valence electrons. The van der Waals surface area contributed by atoms with Crippen LogP contribution in [0.4, 0.5) is 0 Å². The zero-order valence-electron chi connectivity index (χ0n) is 10.3. The molecule has 0 amide bonds. The van der Waals surface area contributed by atoms with Crippen molar-refractivity contribution in [2.45, 2.75) is 6.04 Å². The van der Waals surface area contributed by atoms with Gasteiger partial charge in [0.15, 0.2) is 0 Å². The molecule has 1 unspecified atom stereocenters. The molecule has 1 atom stereocenters. The molecule has 2 aromatic rings. The molecule has 0 aromatic carbocycles. The first kappa shape index (κ1) is 15.1. The standard InChI is InChI=1S/C12H13Br2N3OS/c1-18-4-2-15-11(12-16-3-5-19-12)10-9(14)6-8(13)7-17-10/h3,5-7,11,15H,2,4H2,1H3. The number of ether oxygens (including phenoxy) is 1. The molecule has 0 spiro atoms. The molecule has 0 bridgehead atoms. The number of thiazole rings is 1. The van der Waals surface area contributed by atoms with Crippen molar-refractivity contribution in [2.75, 3.05) is 20.3 Å². The van der Waals surface area contributed by atoms with E-state index in [1.807, 2.05) is 11.4 Å². The molecule has 2 aromatic heterocycles. The first-order valence-electron chi connectivity index (χ1n) is 5.65. The van der Waals surface area contributed by atoms with Gasteiger partial charge >= 0.3 is 0 Å². The summed E-state index contributed by atoms with van der Waals surface area (Å²) in [5, 5.41) is 6.37. The summed E-state index contributed by atoms with van der Waals surface area (Å²) < 4.78 is 6.97. The predicted octanol–water partition coefficient (Wildman–Crippen LogP) is 3.39. The molecular weight excluding hydrogens is 394 g/mol. The molecule has 0 aliphatic heterocycles. The Hall–Kier alpha value is -0.340. The second kappa shape index (κ2) is 7.44. The van der Waals surface area contributed by atoms with E-state index in [9.17, 15) is 0 Å². The van der Waals surface area contributed by atoms with Crippen molar-refractivity contribution < 1.29 is 4.74 Å². The Morgan fingerprint density at radius 2 is 2.26 bits per heavy atom. The van der Waals surface area contributed by atoms with Crippen LogP contribution in [-0.2, 0) is 4.74 Å². The summed E-state index contributed by atoms with van der Waals surface area (Å²) in [4.78, 5) is 8.86. The molecule has 1 N–H and O–H groups in total. The van der Waals surface area contributed by atoms with E-state index in [-0.39, 0.29) is 6.04 Å². The fraction of sp³-hybridized carbons (Fsp3) is 0.333. The average molecular weight is 407 g/mol. The normalized spacial score (nSPS) is 12.6. The van der Waals surface area contributed by atoms with Gasteiger partial charge in [-0.3, -0.25) is 4.98 Å². The topological polar surface area (TPSA) is 47.0 Å². The van der Waals surface area contributed by atoms with Gasteiger partial charge in [-0.05, 0) is 37.9 Å². The minimum atomic E-state index is -0.0300. The van der Waals surface area contributed by atoms with E-state index in [1.54, 1.807) is 30.8 Å². The Morgan fingerprint density at radius 3 is 2.89 bits per heavy atom. The van der Waals surface area contributed by atoms with Crippen LogP contribution in [0.25, 0.3) is 0 Å². The number of hydrogen-bond acceptors (Lipinski definition) is 5. The van der Waals surface area contributed by atoms with Crippen LogP contribution in [0.2, 0.25) is 0 Å². The van der Waals surface area contributed by atoms with Crippen molar-refractivity contribution in [1.29, 1.82) is 0 Å². The lowest BCUT2D eigenvalue weighted by Crippen LogP contribution is -2.27. The third-order valence-electron chi connectivity index (χ3n) is 2.46. The van der Waals surface area contributed by atoms with E-state index < -0.39 is 0 Å². The van der Waals surface area contributed by atoms with Gasteiger partial charge in [0.1, 0.15) is 11.0 Å². The van der Waals surface area contributed by atoms with Gasteiger partial charge in [0.2, 0.25) is 0 Å². The molecule has 4 nitrogen and oxygen atoms in total. The van der Waals surface area contributed by atoms with Gasteiger partial charge in [0.05, 0.1) is 12.3 Å². The van der Waals surface area contributed by atoms with E-state index in [0.717, 1.165) is 26.2 Å².